The van der Waals surface area contributed by atoms with Crippen LogP contribution in [0.1, 0.15) is 44.9 Å². The van der Waals surface area contributed by atoms with E-state index in [4.69, 9.17) is 5.26 Å². The van der Waals surface area contributed by atoms with Gasteiger partial charge in [0, 0.05) is 5.54 Å². The Labute approximate surface area is 80.3 Å². The van der Waals surface area contributed by atoms with Crippen molar-refractivity contribution in [1.82, 2.24) is 5.32 Å². The van der Waals surface area contributed by atoms with E-state index >= 15 is 0 Å². The van der Waals surface area contributed by atoms with Gasteiger partial charge < -0.3 is 5.32 Å². The fourth-order valence-corrected chi connectivity index (χ4v) is 3.09. The lowest BCUT2D eigenvalue weighted by Crippen LogP contribution is -2.55. The molecule has 1 saturated heterocycles. The molecule has 2 fully saturated rings. The minimum atomic E-state index is 0.214. The number of hydrogen-bond donors (Lipinski definition) is 1. The van der Waals surface area contributed by atoms with Gasteiger partial charge in [0.05, 0.1) is 12.5 Å². The van der Waals surface area contributed by atoms with Crippen LogP contribution in [-0.2, 0) is 0 Å². The first kappa shape index (κ1) is 9.02. The summed E-state index contributed by atoms with van der Waals surface area (Å²) in [5.74, 6) is 0.787. The van der Waals surface area contributed by atoms with Crippen molar-refractivity contribution in [3.8, 4) is 6.07 Å². The molecule has 2 heteroatoms. The number of nitriles is 1. The molecule has 1 heterocycles. The Kier molecular flexibility index (Phi) is 2.55. The van der Waals surface area contributed by atoms with Gasteiger partial charge in [0.2, 0.25) is 0 Å². The lowest BCUT2D eigenvalue weighted by molar-refractivity contribution is 0.106. The molecule has 0 aromatic heterocycles. The van der Waals surface area contributed by atoms with E-state index in [2.05, 4.69) is 11.4 Å². The summed E-state index contributed by atoms with van der Waals surface area (Å²) in [7, 11) is 0. The third kappa shape index (κ3) is 1.58. The van der Waals surface area contributed by atoms with Crippen LogP contribution in [0.15, 0.2) is 0 Å². The Morgan fingerprint density at radius 3 is 3.00 bits per heavy atom. The molecular weight excluding hydrogens is 160 g/mol. The average Bonchev–Trinajstić information content (AvgIpc) is 2.18. The second-order valence-electron chi connectivity index (χ2n) is 4.50. The fourth-order valence-electron chi connectivity index (χ4n) is 3.09. The number of fused-ring (bicyclic) bond motifs is 1. The maximum atomic E-state index is 8.86. The maximum Gasteiger partial charge on any atom is 0.0641 e. The molecular formula is C11H18N2. The summed E-state index contributed by atoms with van der Waals surface area (Å²) < 4.78 is 0. The zero-order chi connectivity index (χ0) is 9.15. The standard InChI is InChI=1S/C11H18N2/c12-8-7-11-6-2-1-4-10(11)5-3-9-13-11/h10,13H,1-7,9H2. The third-order valence-electron chi connectivity index (χ3n) is 3.81. The minimum Gasteiger partial charge on any atom is -0.310 e. The van der Waals surface area contributed by atoms with E-state index in [9.17, 15) is 0 Å². The van der Waals surface area contributed by atoms with Gasteiger partial charge in [-0.3, -0.25) is 0 Å². The predicted molar refractivity (Wildman–Crippen MR) is 52.2 cm³/mol. The summed E-state index contributed by atoms with van der Waals surface area (Å²) >= 11 is 0. The van der Waals surface area contributed by atoms with E-state index in [0.717, 1.165) is 18.9 Å². The topological polar surface area (TPSA) is 35.8 Å². The molecule has 2 rings (SSSR count). The van der Waals surface area contributed by atoms with Crippen molar-refractivity contribution in [1.29, 1.82) is 5.26 Å². The van der Waals surface area contributed by atoms with Crippen molar-refractivity contribution < 1.29 is 0 Å². The molecule has 0 amide bonds. The number of rotatable bonds is 1. The number of nitrogens with one attached hydrogen (secondary N) is 1. The summed E-state index contributed by atoms with van der Waals surface area (Å²) in [6.07, 6.45) is 8.62. The normalized spacial score (nSPS) is 39.2. The Morgan fingerprint density at radius 2 is 2.15 bits per heavy atom. The molecule has 0 radical (unpaired) electrons. The lowest BCUT2D eigenvalue weighted by atomic mass is 9.67. The monoisotopic (exact) mass is 178 g/mol. The van der Waals surface area contributed by atoms with Crippen LogP contribution in [0, 0.1) is 17.2 Å². The third-order valence-corrected chi connectivity index (χ3v) is 3.81. The van der Waals surface area contributed by atoms with Crippen LogP contribution >= 0.6 is 0 Å². The molecule has 1 N–H and O–H groups in total. The van der Waals surface area contributed by atoms with E-state index < -0.39 is 0 Å². The summed E-state index contributed by atoms with van der Waals surface area (Å²) in [6.45, 7) is 1.12. The van der Waals surface area contributed by atoms with E-state index in [1.54, 1.807) is 0 Å². The molecule has 1 saturated carbocycles. The van der Waals surface area contributed by atoms with Crippen molar-refractivity contribution in [3.63, 3.8) is 0 Å². The van der Waals surface area contributed by atoms with E-state index in [0.29, 0.717) is 0 Å². The Morgan fingerprint density at radius 1 is 1.31 bits per heavy atom. The van der Waals surface area contributed by atoms with Crippen LogP contribution in [0.2, 0.25) is 0 Å². The smallest absolute Gasteiger partial charge is 0.0641 e. The molecule has 0 spiro atoms. The molecule has 2 unspecified atom stereocenters. The molecule has 0 bridgehead atoms. The van der Waals surface area contributed by atoms with Crippen molar-refractivity contribution >= 4 is 0 Å². The summed E-state index contributed by atoms with van der Waals surface area (Å²) in [5, 5.41) is 12.5. The molecule has 2 nitrogen and oxygen atoms in total. The van der Waals surface area contributed by atoms with Crippen LogP contribution in [0.3, 0.4) is 0 Å². The van der Waals surface area contributed by atoms with Crippen LogP contribution in [0.25, 0.3) is 0 Å². The highest BCUT2D eigenvalue weighted by Gasteiger charge is 2.41. The second kappa shape index (κ2) is 3.67. The van der Waals surface area contributed by atoms with Crippen LogP contribution in [0.4, 0.5) is 0 Å². The van der Waals surface area contributed by atoms with Crippen LogP contribution < -0.4 is 5.32 Å². The van der Waals surface area contributed by atoms with E-state index in [1.165, 1.54) is 38.5 Å². The summed E-state index contributed by atoms with van der Waals surface area (Å²) in [6, 6.07) is 2.36. The zero-order valence-electron chi connectivity index (χ0n) is 8.18. The van der Waals surface area contributed by atoms with Crippen LogP contribution in [0.5, 0.6) is 0 Å². The fraction of sp³-hybridized carbons (Fsp3) is 0.909. The SMILES string of the molecule is N#CCC12CCCCC1CCCN2. The van der Waals surface area contributed by atoms with Gasteiger partial charge >= 0.3 is 0 Å². The average molecular weight is 178 g/mol. The first-order chi connectivity index (χ1) is 6.37. The van der Waals surface area contributed by atoms with Gasteiger partial charge in [-0.2, -0.15) is 5.26 Å². The quantitative estimate of drug-likeness (QED) is 0.668. The van der Waals surface area contributed by atoms with Gasteiger partial charge in [-0.15, -0.1) is 0 Å². The maximum absolute atomic E-state index is 8.86. The lowest BCUT2D eigenvalue weighted by Gasteiger charge is -2.47. The highest BCUT2D eigenvalue weighted by Crippen LogP contribution is 2.40. The first-order valence-electron chi connectivity index (χ1n) is 5.49. The molecule has 0 aromatic carbocycles. The van der Waals surface area contributed by atoms with Crippen molar-refractivity contribution in [3.05, 3.63) is 0 Å². The minimum absolute atomic E-state index is 0.214. The zero-order valence-corrected chi connectivity index (χ0v) is 8.18. The van der Waals surface area contributed by atoms with Gasteiger partial charge in [-0.25, -0.2) is 0 Å². The first-order valence-corrected chi connectivity index (χ1v) is 5.49. The van der Waals surface area contributed by atoms with Crippen molar-refractivity contribution in [2.75, 3.05) is 6.54 Å². The van der Waals surface area contributed by atoms with Crippen molar-refractivity contribution in [2.24, 2.45) is 5.92 Å². The Balaban J connectivity index is 2.12. The van der Waals surface area contributed by atoms with E-state index in [1.807, 2.05) is 0 Å². The summed E-state index contributed by atoms with van der Waals surface area (Å²) in [5.41, 5.74) is 0.214. The Bertz CT molecular complexity index is 205. The van der Waals surface area contributed by atoms with Gasteiger partial charge in [0.15, 0.2) is 0 Å². The summed E-state index contributed by atoms with van der Waals surface area (Å²) in [4.78, 5) is 0. The highest BCUT2D eigenvalue weighted by atomic mass is 15.0. The van der Waals surface area contributed by atoms with Gasteiger partial charge in [-0.05, 0) is 38.1 Å². The van der Waals surface area contributed by atoms with Gasteiger partial charge in [0.1, 0.15) is 0 Å². The predicted octanol–water partition coefficient (Wildman–Crippen LogP) is 2.21. The molecule has 72 valence electrons. The van der Waals surface area contributed by atoms with Crippen LogP contribution in [-0.4, -0.2) is 12.1 Å². The highest BCUT2D eigenvalue weighted by molar-refractivity contribution is 5.04. The van der Waals surface area contributed by atoms with Crippen molar-refractivity contribution in [2.45, 2.75) is 50.5 Å². The second-order valence-corrected chi connectivity index (χ2v) is 4.50. The molecule has 0 aromatic rings. The van der Waals surface area contributed by atoms with Gasteiger partial charge in [-0.1, -0.05) is 12.8 Å². The molecule has 1 aliphatic heterocycles. The molecule has 2 aliphatic rings. The Hall–Kier alpha value is -0.550. The number of hydrogen-bond acceptors (Lipinski definition) is 2. The van der Waals surface area contributed by atoms with E-state index in [-0.39, 0.29) is 5.54 Å². The molecule has 1 aliphatic carbocycles. The number of nitrogens with zero attached hydrogens (tertiary/aromatic N) is 1. The largest absolute Gasteiger partial charge is 0.310 e. The molecule has 13 heavy (non-hydrogen) atoms. The number of piperidine rings is 1. The molecule has 2 atom stereocenters. The van der Waals surface area contributed by atoms with Gasteiger partial charge in [0.25, 0.3) is 0 Å².